The number of ether oxygens (including phenoxy) is 2. The predicted molar refractivity (Wildman–Crippen MR) is 222 cm³/mol. The van der Waals surface area contributed by atoms with Crippen LogP contribution in [0.5, 0.6) is 5.75 Å². The van der Waals surface area contributed by atoms with E-state index in [0.29, 0.717) is 36.8 Å². The second kappa shape index (κ2) is 18.6. The van der Waals surface area contributed by atoms with Crippen LogP contribution in [0.2, 0.25) is 0 Å². The number of thiazole rings is 1. The summed E-state index contributed by atoms with van der Waals surface area (Å²) in [6.07, 6.45) is 5.36. The molecule has 320 valence electrons. The number of hydrogen-bond donors (Lipinski definition) is 4. The summed E-state index contributed by atoms with van der Waals surface area (Å²) in [4.78, 5) is 97.0. The van der Waals surface area contributed by atoms with Gasteiger partial charge in [0.25, 0.3) is 17.7 Å². The van der Waals surface area contributed by atoms with Gasteiger partial charge in [-0.25, -0.2) is 14.0 Å². The van der Waals surface area contributed by atoms with Crippen molar-refractivity contribution in [3.8, 4) is 17.0 Å². The molecule has 4 N–H and O–H groups in total. The molecule has 3 atom stereocenters. The Morgan fingerprint density at radius 1 is 1.02 bits per heavy atom. The molecule has 2 unspecified atom stereocenters. The van der Waals surface area contributed by atoms with Gasteiger partial charge in [0.15, 0.2) is 5.13 Å². The van der Waals surface area contributed by atoms with Crippen molar-refractivity contribution >= 4 is 67.7 Å². The average Bonchev–Trinajstić information content (AvgIpc) is 3.96. The van der Waals surface area contributed by atoms with Crippen LogP contribution in [0.1, 0.15) is 69.6 Å². The Kier molecular flexibility index (Phi) is 13.0. The third kappa shape index (κ3) is 10.0. The highest BCUT2D eigenvalue weighted by Crippen LogP contribution is 2.34. The maximum atomic E-state index is 13.4. The number of nitrogens with one attached hydrogen (secondary N) is 4. The quantitative estimate of drug-likeness (QED) is 0.0836. The Labute approximate surface area is 355 Å². The molecule has 7 amide bonds. The number of aromatic nitrogens is 2. The summed E-state index contributed by atoms with van der Waals surface area (Å²) >= 11 is 1.24. The second-order valence-electron chi connectivity index (χ2n) is 14.9. The van der Waals surface area contributed by atoms with Crippen molar-refractivity contribution in [3.05, 3.63) is 89.1 Å². The summed E-state index contributed by atoms with van der Waals surface area (Å²) in [5.41, 5.74) is 1.94. The molecule has 7 rings (SSSR count). The van der Waals surface area contributed by atoms with Gasteiger partial charge >= 0.3 is 0 Å². The SMILES string of the molecule is CS(=N)(=O)n1ccc(C(=O)N[C@@H](CCOCCCC(=O)N2CC(CCOc3cccc4c3C(=O)N(C3CCC(=O)NC3=O)C4=O)C2)C(=O)Nc2nc(-c3ccccc3)cs2)c1. The molecular weight excluding hydrogens is 829 g/mol. The molecule has 3 aliphatic heterocycles. The van der Waals surface area contributed by atoms with Crippen molar-refractivity contribution in [1.29, 1.82) is 4.78 Å². The number of piperidine rings is 1. The molecule has 2 saturated heterocycles. The van der Waals surface area contributed by atoms with E-state index < -0.39 is 57.4 Å². The molecule has 0 saturated carbocycles. The Balaban J connectivity index is 0.833. The number of carbonyl (C=O) groups excluding carboxylic acids is 7. The largest absolute Gasteiger partial charge is 0.493 e. The molecule has 2 fully saturated rings. The molecule has 2 aromatic carbocycles. The van der Waals surface area contributed by atoms with Crippen LogP contribution in [-0.4, -0.2) is 116 Å². The zero-order valence-corrected chi connectivity index (χ0v) is 34.8. The molecule has 0 bridgehead atoms. The first-order valence-electron chi connectivity index (χ1n) is 19.6. The van der Waals surface area contributed by atoms with Gasteiger partial charge in [-0.3, -0.25) is 47.8 Å². The molecule has 4 aromatic rings. The van der Waals surface area contributed by atoms with Crippen molar-refractivity contribution in [3.63, 3.8) is 0 Å². The number of anilines is 1. The lowest BCUT2D eigenvalue weighted by molar-refractivity contribution is -0.138. The van der Waals surface area contributed by atoms with Crippen molar-refractivity contribution in [2.75, 3.05) is 44.5 Å². The highest BCUT2D eigenvalue weighted by atomic mass is 32.2. The minimum Gasteiger partial charge on any atom is -0.493 e. The van der Waals surface area contributed by atoms with E-state index in [1.807, 2.05) is 35.7 Å². The number of carbonyl (C=O) groups is 7. The van der Waals surface area contributed by atoms with Gasteiger partial charge in [-0.2, -0.15) is 0 Å². The van der Waals surface area contributed by atoms with Gasteiger partial charge in [-0.1, -0.05) is 36.4 Å². The van der Waals surface area contributed by atoms with Crippen molar-refractivity contribution in [2.45, 2.75) is 50.6 Å². The highest BCUT2D eigenvalue weighted by molar-refractivity contribution is 7.90. The fourth-order valence-electron chi connectivity index (χ4n) is 7.19. The van der Waals surface area contributed by atoms with E-state index in [4.69, 9.17) is 14.3 Å². The maximum absolute atomic E-state index is 13.4. The zero-order chi connectivity index (χ0) is 43.3. The Morgan fingerprint density at radius 2 is 1.80 bits per heavy atom. The molecule has 0 aliphatic carbocycles. The van der Waals surface area contributed by atoms with E-state index >= 15 is 0 Å². The number of imide groups is 2. The molecule has 0 radical (unpaired) electrons. The predicted octanol–water partition coefficient (Wildman–Crippen LogP) is 3.30. The second-order valence-corrected chi connectivity index (χ2v) is 17.8. The minimum atomic E-state index is -3.12. The normalized spacial score (nSPS) is 17.9. The molecule has 3 aliphatic rings. The van der Waals surface area contributed by atoms with Crippen molar-refractivity contribution in [2.24, 2.45) is 5.92 Å². The van der Waals surface area contributed by atoms with E-state index in [1.54, 1.807) is 17.0 Å². The molecule has 0 spiro atoms. The fraction of sp³-hybridized carbons (Fsp3) is 0.366. The Morgan fingerprint density at radius 3 is 2.54 bits per heavy atom. The average molecular weight is 873 g/mol. The molecule has 18 nitrogen and oxygen atoms in total. The van der Waals surface area contributed by atoms with Crippen LogP contribution in [0.4, 0.5) is 5.13 Å². The number of likely N-dealkylation sites (tertiary alicyclic amines) is 1. The van der Waals surface area contributed by atoms with Crippen molar-refractivity contribution < 1.29 is 47.2 Å². The topological polar surface area (TPSA) is 239 Å². The summed E-state index contributed by atoms with van der Waals surface area (Å²) in [5.74, 6) is -3.10. The van der Waals surface area contributed by atoms with E-state index in [2.05, 4.69) is 20.9 Å². The highest BCUT2D eigenvalue weighted by Gasteiger charge is 2.46. The van der Waals surface area contributed by atoms with Crippen LogP contribution >= 0.6 is 11.3 Å². The van der Waals surface area contributed by atoms with Crippen LogP contribution < -0.4 is 20.7 Å². The Hall–Kier alpha value is -6.25. The van der Waals surface area contributed by atoms with Gasteiger partial charge in [0.2, 0.25) is 23.6 Å². The smallest absolute Gasteiger partial charge is 0.266 e. The van der Waals surface area contributed by atoms with Gasteiger partial charge in [0, 0.05) is 68.7 Å². The summed E-state index contributed by atoms with van der Waals surface area (Å²) in [6, 6.07) is 13.5. The number of rotatable bonds is 18. The minimum absolute atomic E-state index is 0.0250. The van der Waals surface area contributed by atoms with Crippen LogP contribution in [0.15, 0.2) is 72.4 Å². The number of amides is 7. The van der Waals surface area contributed by atoms with Crippen LogP contribution in [0.25, 0.3) is 11.3 Å². The van der Waals surface area contributed by atoms with Crippen molar-refractivity contribution in [1.82, 2.24) is 29.4 Å². The monoisotopic (exact) mass is 872 g/mol. The maximum Gasteiger partial charge on any atom is 0.266 e. The zero-order valence-electron chi connectivity index (χ0n) is 33.1. The summed E-state index contributed by atoms with van der Waals surface area (Å²) in [7, 11) is -3.12. The molecule has 20 heteroatoms. The first-order valence-corrected chi connectivity index (χ1v) is 22.4. The summed E-state index contributed by atoms with van der Waals surface area (Å²) in [6.45, 7) is 1.67. The standard InChI is InChI=1S/C41H44N8O10S2/c1-61(42,57)48-17-14-27(23-48)36(52)43-29(37(53)46-41-44-30(24-60-41)26-7-3-2-4-8-26)16-19-58-18-6-11-34(51)47-21-25(22-47)15-20-59-32-10-5-9-28-35(32)40(56)49(39(28)55)31-12-13-33(50)45-38(31)54/h2-5,7-10,14,17,23-25,29,31,42H,6,11-13,15-16,18-22H2,1H3,(H,43,52)(H,44,46,53)(H,45,50,54)/t29-,31?,61?/m0/s1. The lowest BCUT2D eigenvalue weighted by Crippen LogP contribution is -2.54. The lowest BCUT2D eigenvalue weighted by atomic mass is 9.96. The van der Waals surface area contributed by atoms with Gasteiger partial charge in [-0.05, 0) is 49.8 Å². The number of fused-ring (bicyclic) bond motifs is 1. The van der Waals surface area contributed by atoms with Gasteiger partial charge < -0.3 is 25.0 Å². The van der Waals surface area contributed by atoms with E-state index in [9.17, 15) is 37.8 Å². The first-order chi connectivity index (χ1) is 29.3. The third-order valence-electron chi connectivity index (χ3n) is 10.5. The van der Waals surface area contributed by atoms with E-state index in [0.717, 1.165) is 14.4 Å². The third-order valence-corrected chi connectivity index (χ3v) is 12.3. The van der Waals surface area contributed by atoms with Crippen LogP contribution in [0.3, 0.4) is 0 Å². The summed E-state index contributed by atoms with van der Waals surface area (Å²) in [5, 5.41) is 9.84. The number of hydrogen-bond acceptors (Lipinski definition) is 13. The fourth-order valence-corrected chi connectivity index (χ4v) is 8.52. The summed E-state index contributed by atoms with van der Waals surface area (Å²) < 4.78 is 32.8. The number of nitrogens with zero attached hydrogens (tertiary/aromatic N) is 4. The van der Waals surface area contributed by atoms with Gasteiger partial charge in [0.1, 0.15) is 27.7 Å². The lowest BCUT2D eigenvalue weighted by Gasteiger charge is -2.39. The van der Waals surface area contributed by atoms with E-state index in [-0.39, 0.29) is 79.8 Å². The molecule has 2 aromatic heterocycles. The first kappa shape index (κ1) is 42.9. The number of benzene rings is 2. The van der Waals surface area contributed by atoms with Gasteiger partial charge in [0.05, 0.1) is 29.0 Å². The van der Waals surface area contributed by atoms with Gasteiger partial charge in [-0.15, -0.1) is 11.3 Å². The molecule has 5 heterocycles. The van der Waals surface area contributed by atoms with Crippen LogP contribution in [-0.2, 0) is 33.8 Å². The molecule has 61 heavy (non-hydrogen) atoms. The molecular formula is C41H44N8O10S2. The Bertz CT molecular complexity index is 2460. The van der Waals surface area contributed by atoms with E-state index in [1.165, 1.54) is 42.1 Å². The van der Waals surface area contributed by atoms with Crippen LogP contribution in [0, 0.1) is 10.7 Å².